The molecule has 3 aromatic carbocycles. The Hall–Kier alpha value is -4.02. The molecule has 0 aromatic heterocycles. The highest BCUT2D eigenvalue weighted by Gasteiger charge is 2.20. The molecule has 0 saturated carbocycles. The first-order valence-corrected chi connectivity index (χ1v) is 11.0. The van der Waals surface area contributed by atoms with Crippen molar-refractivity contribution in [1.29, 1.82) is 5.26 Å². The average molecular weight is 478 g/mol. The Balaban J connectivity index is 1.61. The molecule has 1 atom stereocenters. The predicted octanol–water partition coefficient (Wildman–Crippen LogP) is 4.94. The molecule has 1 N–H and O–H groups in total. The van der Waals surface area contributed by atoms with Gasteiger partial charge in [0.1, 0.15) is 19.0 Å². The maximum atomic E-state index is 12.6. The molecule has 0 spiro atoms. The fourth-order valence-corrected chi connectivity index (χ4v) is 3.26. The van der Waals surface area contributed by atoms with Crippen LogP contribution in [-0.4, -0.2) is 31.2 Å². The number of benzene rings is 3. The second-order valence-electron chi connectivity index (χ2n) is 7.51. The predicted molar refractivity (Wildman–Crippen MR) is 130 cm³/mol. The van der Waals surface area contributed by atoms with Crippen molar-refractivity contribution < 1.29 is 19.1 Å². The summed E-state index contributed by atoms with van der Waals surface area (Å²) in [6, 6.07) is 24.8. The number of imide groups is 1. The number of carbonyl (C=O) groups excluding carboxylic acids is 2. The van der Waals surface area contributed by atoms with E-state index in [-0.39, 0.29) is 25.8 Å². The maximum Gasteiger partial charge on any atom is 0.414 e. The topological polar surface area (TPSA) is 91.7 Å². The minimum atomic E-state index is -0.814. The number of anilines is 1. The lowest BCUT2D eigenvalue weighted by Gasteiger charge is -2.30. The second kappa shape index (κ2) is 12.3. The Bertz CT molecular complexity index is 1130. The third-order valence-electron chi connectivity index (χ3n) is 4.93. The van der Waals surface area contributed by atoms with E-state index >= 15 is 0 Å². The number of hydrogen-bond acceptors (Lipinski definition) is 6. The van der Waals surface area contributed by atoms with Gasteiger partial charge in [0.25, 0.3) is 0 Å². The third-order valence-corrected chi connectivity index (χ3v) is 5.19. The van der Waals surface area contributed by atoms with Crippen LogP contribution < -0.4 is 15.0 Å². The number of nitriles is 1. The minimum Gasteiger partial charge on any atom is -0.491 e. The highest BCUT2D eigenvalue weighted by Crippen LogP contribution is 2.21. The van der Waals surface area contributed by atoms with Crippen LogP contribution in [0.1, 0.15) is 18.1 Å². The van der Waals surface area contributed by atoms with Gasteiger partial charge in [-0.2, -0.15) is 5.26 Å². The molecule has 0 aliphatic carbocycles. The first kappa shape index (κ1) is 24.6. The number of ether oxygens (including phenoxy) is 2. The monoisotopic (exact) mass is 477 g/mol. The molecular formula is C26H24ClN3O4. The zero-order valence-electron chi connectivity index (χ0n) is 18.6. The molecule has 1 unspecified atom stereocenters. The molecule has 174 valence electrons. The van der Waals surface area contributed by atoms with Crippen molar-refractivity contribution in [2.75, 3.05) is 18.1 Å². The van der Waals surface area contributed by atoms with E-state index in [0.717, 1.165) is 11.3 Å². The van der Waals surface area contributed by atoms with Gasteiger partial charge in [-0.05, 0) is 61.0 Å². The van der Waals surface area contributed by atoms with Crippen molar-refractivity contribution in [3.05, 3.63) is 95.0 Å². The molecule has 3 rings (SSSR count). The normalized spacial score (nSPS) is 11.1. The molecule has 0 bridgehead atoms. The summed E-state index contributed by atoms with van der Waals surface area (Å²) in [6.45, 7) is 2.13. The van der Waals surface area contributed by atoms with Gasteiger partial charge in [0.2, 0.25) is 5.91 Å². The molecule has 0 saturated heterocycles. The van der Waals surface area contributed by atoms with E-state index in [9.17, 15) is 9.59 Å². The highest BCUT2D eigenvalue weighted by molar-refractivity contribution is 6.30. The molecule has 3 aromatic rings. The van der Waals surface area contributed by atoms with Crippen LogP contribution in [0.5, 0.6) is 5.75 Å². The summed E-state index contributed by atoms with van der Waals surface area (Å²) < 4.78 is 11.0. The summed E-state index contributed by atoms with van der Waals surface area (Å²) in [5.41, 5.74) is 2.11. The van der Waals surface area contributed by atoms with Crippen molar-refractivity contribution in [2.45, 2.75) is 19.6 Å². The van der Waals surface area contributed by atoms with Gasteiger partial charge in [-0.3, -0.25) is 10.1 Å². The third kappa shape index (κ3) is 7.54. The zero-order chi connectivity index (χ0) is 24.3. The van der Waals surface area contributed by atoms with Gasteiger partial charge < -0.3 is 14.4 Å². The number of halogens is 1. The number of carbonyl (C=O) groups is 2. The molecular weight excluding hydrogens is 454 g/mol. The Morgan fingerprint density at radius 3 is 2.35 bits per heavy atom. The second-order valence-corrected chi connectivity index (χ2v) is 7.95. The Morgan fingerprint density at radius 1 is 1.03 bits per heavy atom. The lowest BCUT2D eigenvalue weighted by molar-refractivity contribution is -0.119. The van der Waals surface area contributed by atoms with E-state index in [1.807, 2.05) is 37.3 Å². The number of alkyl carbamates (subject to hydrolysis) is 1. The van der Waals surface area contributed by atoms with Gasteiger partial charge in [0, 0.05) is 10.7 Å². The van der Waals surface area contributed by atoms with Crippen LogP contribution >= 0.6 is 11.6 Å². The summed E-state index contributed by atoms with van der Waals surface area (Å²) in [6.07, 6.45) is -0.814. The van der Waals surface area contributed by atoms with Crippen molar-refractivity contribution in [1.82, 2.24) is 5.32 Å². The number of nitrogens with one attached hydrogen (secondary N) is 1. The van der Waals surface area contributed by atoms with Crippen LogP contribution in [0.25, 0.3) is 0 Å². The van der Waals surface area contributed by atoms with E-state index < -0.39 is 12.0 Å². The fraction of sp³-hybridized carbons (Fsp3) is 0.192. The summed E-state index contributed by atoms with van der Waals surface area (Å²) in [5.74, 6) is 0.0917. The number of nitrogens with zero attached hydrogens (tertiary/aromatic N) is 2. The highest BCUT2D eigenvalue weighted by atomic mass is 35.5. The molecule has 0 radical (unpaired) electrons. The Kier molecular flexibility index (Phi) is 8.89. The molecule has 7 nitrogen and oxygen atoms in total. The van der Waals surface area contributed by atoms with Crippen molar-refractivity contribution in [3.8, 4) is 11.8 Å². The van der Waals surface area contributed by atoms with Crippen LogP contribution in [0, 0.1) is 11.3 Å². The maximum absolute atomic E-state index is 12.6. The van der Waals surface area contributed by atoms with Crippen LogP contribution in [0.15, 0.2) is 78.9 Å². The molecule has 0 fully saturated rings. The van der Waals surface area contributed by atoms with Crippen LogP contribution in [-0.2, 0) is 16.1 Å². The van der Waals surface area contributed by atoms with E-state index in [1.165, 1.54) is 0 Å². The van der Waals surface area contributed by atoms with Crippen LogP contribution in [0.4, 0.5) is 10.5 Å². The number of rotatable bonds is 9. The van der Waals surface area contributed by atoms with Gasteiger partial charge >= 0.3 is 6.09 Å². The summed E-state index contributed by atoms with van der Waals surface area (Å²) in [5, 5.41) is 11.8. The lowest BCUT2D eigenvalue weighted by Crippen LogP contribution is -2.45. The number of amides is 2. The van der Waals surface area contributed by atoms with Crippen molar-refractivity contribution in [2.24, 2.45) is 0 Å². The van der Waals surface area contributed by atoms with Gasteiger partial charge in [-0.15, -0.1) is 0 Å². The molecule has 8 heteroatoms. The van der Waals surface area contributed by atoms with E-state index in [2.05, 4.69) is 11.4 Å². The molecule has 0 aliphatic rings. The van der Waals surface area contributed by atoms with Gasteiger partial charge in [0.05, 0.1) is 24.2 Å². The average Bonchev–Trinajstić information content (AvgIpc) is 2.86. The quantitative estimate of drug-likeness (QED) is 0.469. The zero-order valence-corrected chi connectivity index (χ0v) is 19.4. The van der Waals surface area contributed by atoms with Gasteiger partial charge in [-0.25, -0.2) is 4.79 Å². The largest absolute Gasteiger partial charge is 0.491 e. The van der Waals surface area contributed by atoms with Crippen molar-refractivity contribution >= 4 is 29.3 Å². The van der Waals surface area contributed by atoms with Gasteiger partial charge in [-0.1, -0.05) is 41.9 Å². The van der Waals surface area contributed by atoms with E-state index in [4.69, 9.17) is 26.3 Å². The Labute approximate surface area is 203 Å². The van der Waals surface area contributed by atoms with Crippen molar-refractivity contribution in [3.63, 3.8) is 0 Å². The smallest absolute Gasteiger partial charge is 0.414 e. The summed E-state index contributed by atoms with van der Waals surface area (Å²) in [7, 11) is 0. The fourth-order valence-electron chi connectivity index (χ4n) is 3.13. The van der Waals surface area contributed by atoms with Gasteiger partial charge in [0.15, 0.2) is 0 Å². The van der Waals surface area contributed by atoms with E-state index in [1.54, 1.807) is 53.4 Å². The number of hydrogen-bond donors (Lipinski definition) is 1. The molecule has 0 aliphatic heterocycles. The SMILES string of the molecule is CC(COc1ccc(C#N)cc1)N(CC(=O)NC(=O)OCc1ccccc1)c1ccc(Cl)cc1. The molecule has 34 heavy (non-hydrogen) atoms. The molecule has 0 heterocycles. The first-order valence-electron chi connectivity index (χ1n) is 10.6. The van der Waals surface area contributed by atoms with Crippen LogP contribution in [0.3, 0.4) is 0 Å². The first-order chi connectivity index (χ1) is 16.4. The lowest BCUT2D eigenvalue weighted by atomic mass is 10.2. The summed E-state index contributed by atoms with van der Waals surface area (Å²) in [4.78, 5) is 26.5. The minimum absolute atomic E-state index is 0.0652. The standard InChI is InChI=1S/C26H24ClN3O4/c1-19(17-33-24-13-7-20(15-28)8-14-24)30(23-11-9-22(27)10-12-23)16-25(31)29-26(32)34-18-21-5-3-2-4-6-21/h2-14,19H,16-18H2,1H3,(H,29,31,32). The Morgan fingerprint density at radius 2 is 1.71 bits per heavy atom. The van der Waals surface area contributed by atoms with E-state index in [0.29, 0.717) is 16.3 Å². The van der Waals surface area contributed by atoms with Crippen LogP contribution in [0.2, 0.25) is 5.02 Å². The molecule has 2 amide bonds. The summed E-state index contributed by atoms with van der Waals surface area (Å²) >= 11 is 6.02.